The molecule has 0 spiro atoms. The SMILES string of the molecule is CCCCN(C)c1ccnc(C(=O)NCCc2ccccc2)c1. The number of carbonyl (C=O) groups excluding carboxylic acids is 1. The predicted molar refractivity (Wildman–Crippen MR) is 94.9 cm³/mol. The number of unbranched alkanes of at least 4 members (excludes halogenated alkanes) is 1. The van der Waals surface area contributed by atoms with Crippen LogP contribution in [0.5, 0.6) is 0 Å². The number of nitrogens with one attached hydrogen (secondary N) is 1. The van der Waals surface area contributed by atoms with Crippen LogP contribution in [0.4, 0.5) is 5.69 Å². The number of hydrogen-bond acceptors (Lipinski definition) is 3. The Morgan fingerprint density at radius 2 is 2.00 bits per heavy atom. The summed E-state index contributed by atoms with van der Waals surface area (Å²) in [6.07, 6.45) is 4.81. The molecule has 2 rings (SSSR count). The first-order chi connectivity index (χ1) is 11.2. The van der Waals surface area contributed by atoms with Gasteiger partial charge in [0.05, 0.1) is 0 Å². The van der Waals surface area contributed by atoms with Gasteiger partial charge in [-0.25, -0.2) is 0 Å². The molecule has 0 saturated heterocycles. The van der Waals surface area contributed by atoms with Crippen molar-refractivity contribution < 1.29 is 4.79 Å². The van der Waals surface area contributed by atoms with E-state index in [2.05, 4.69) is 34.3 Å². The fourth-order valence-electron chi connectivity index (χ4n) is 2.36. The molecule has 4 heteroatoms. The maximum atomic E-state index is 12.2. The summed E-state index contributed by atoms with van der Waals surface area (Å²) in [5.41, 5.74) is 2.72. The highest BCUT2D eigenvalue weighted by atomic mass is 16.1. The Morgan fingerprint density at radius 3 is 2.74 bits per heavy atom. The fourth-order valence-corrected chi connectivity index (χ4v) is 2.36. The van der Waals surface area contributed by atoms with Crippen molar-refractivity contribution in [3.05, 3.63) is 59.9 Å². The van der Waals surface area contributed by atoms with Crippen molar-refractivity contribution in [2.75, 3.05) is 25.0 Å². The number of nitrogens with zero attached hydrogens (tertiary/aromatic N) is 2. The Bertz CT molecular complexity index is 613. The van der Waals surface area contributed by atoms with Gasteiger partial charge in [-0.2, -0.15) is 0 Å². The third-order valence-corrected chi connectivity index (χ3v) is 3.81. The molecule has 0 aliphatic heterocycles. The molecule has 1 aromatic carbocycles. The van der Waals surface area contributed by atoms with Gasteiger partial charge in [0.2, 0.25) is 0 Å². The standard InChI is InChI=1S/C19H25N3O/c1-3-4-14-22(2)17-11-13-20-18(15-17)19(23)21-12-10-16-8-6-5-7-9-16/h5-9,11,13,15H,3-4,10,12,14H2,1-2H3,(H,21,23). The first-order valence-electron chi connectivity index (χ1n) is 8.20. The van der Waals surface area contributed by atoms with Crippen molar-refractivity contribution in [3.63, 3.8) is 0 Å². The van der Waals surface area contributed by atoms with E-state index in [1.165, 1.54) is 5.56 Å². The van der Waals surface area contributed by atoms with Gasteiger partial charge < -0.3 is 10.2 Å². The largest absolute Gasteiger partial charge is 0.374 e. The molecule has 0 saturated carbocycles. The van der Waals surface area contributed by atoms with E-state index < -0.39 is 0 Å². The maximum absolute atomic E-state index is 12.2. The summed E-state index contributed by atoms with van der Waals surface area (Å²) >= 11 is 0. The van der Waals surface area contributed by atoms with Gasteiger partial charge in [-0.1, -0.05) is 43.7 Å². The summed E-state index contributed by atoms with van der Waals surface area (Å²) < 4.78 is 0. The van der Waals surface area contributed by atoms with Gasteiger partial charge in [0.25, 0.3) is 5.91 Å². The van der Waals surface area contributed by atoms with Gasteiger partial charge >= 0.3 is 0 Å². The second-order valence-electron chi connectivity index (χ2n) is 5.67. The van der Waals surface area contributed by atoms with E-state index in [0.29, 0.717) is 12.2 Å². The highest BCUT2D eigenvalue weighted by Crippen LogP contribution is 2.13. The van der Waals surface area contributed by atoms with Crippen LogP contribution in [-0.4, -0.2) is 31.0 Å². The summed E-state index contributed by atoms with van der Waals surface area (Å²) in [5.74, 6) is -0.119. The van der Waals surface area contributed by atoms with Crippen LogP contribution in [0.1, 0.15) is 35.8 Å². The van der Waals surface area contributed by atoms with Gasteiger partial charge in [-0.05, 0) is 30.5 Å². The zero-order valence-corrected chi connectivity index (χ0v) is 14.0. The molecule has 0 atom stereocenters. The molecule has 23 heavy (non-hydrogen) atoms. The molecule has 1 aromatic heterocycles. The van der Waals surface area contributed by atoms with Crippen LogP contribution in [0.15, 0.2) is 48.7 Å². The number of rotatable bonds is 8. The molecule has 1 amide bonds. The van der Waals surface area contributed by atoms with Crippen LogP contribution < -0.4 is 10.2 Å². The second-order valence-corrected chi connectivity index (χ2v) is 5.67. The number of hydrogen-bond donors (Lipinski definition) is 1. The van der Waals surface area contributed by atoms with Crippen molar-refractivity contribution in [1.29, 1.82) is 0 Å². The zero-order chi connectivity index (χ0) is 16.5. The Morgan fingerprint density at radius 1 is 1.22 bits per heavy atom. The summed E-state index contributed by atoms with van der Waals surface area (Å²) in [6.45, 7) is 3.77. The van der Waals surface area contributed by atoms with Crippen LogP contribution >= 0.6 is 0 Å². The van der Waals surface area contributed by atoms with E-state index in [9.17, 15) is 4.79 Å². The lowest BCUT2D eigenvalue weighted by Crippen LogP contribution is -2.27. The van der Waals surface area contributed by atoms with Gasteiger partial charge in [-0.3, -0.25) is 9.78 Å². The summed E-state index contributed by atoms with van der Waals surface area (Å²) in [6, 6.07) is 13.9. The summed E-state index contributed by atoms with van der Waals surface area (Å²) in [4.78, 5) is 18.6. The monoisotopic (exact) mass is 311 g/mol. The van der Waals surface area contributed by atoms with Gasteiger partial charge in [0, 0.05) is 32.0 Å². The molecule has 1 N–H and O–H groups in total. The molecule has 0 fully saturated rings. The quantitative estimate of drug-likeness (QED) is 0.813. The third kappa shape index (κ3) is 5.40. The average Bonchev–Trinajstić information content (AvgIpc) is 2.60. The van der Waals surface area contributed by atoms with Crippen molar-refractivity contribution in [2.24, 2.45) is 0 Å². The normalized spacial score (nSPS) is 10.3. The smallest absolute Gasteiger partial charge is 0.269 e. The van der Waals surface area contributed by atoms with Crippen molar-refractivity contribution in [3.8, 4) is 0 Å². The van der Waals surface area contributed by atoms with Crippen molar-refractivity contribution in [1.82, 2.24) is 10.3 Å². The maximum Gasteiger partial charge on any atom is 0.269 e. The minimum Gasteiger partial charge on any atom is -0.374 e. The Hall–Kier alpha value is -2.36. The number of anilines is 1. The Labute approximate surface area is 138 Å². The zero-order valence-electron chi connectivity index (χ0n) is 14.0. The van der Waals surface area contributed by atoms with Crippen molar-refractivity contribution >= 4 is 11.6 Å². The molecule has 0 unspecified atom stereocenters. The van der Waals surface area contributed by atoms with Crippen LogP contribution in [-0.2, 0) is 6.42 Å². The molecule has 122 valence electrons. The molecule has 1 heterocycles. The second kappa shape index (κ2) is 8.93. The first kappa shape index (κ1) is 17.0. The fraction of sp³-hybridized carbons (Fsp3) is 0.368. The van der Waals surface area contributed by atoms with E-state index in [1.807, 2.05) is 37.4 Å². The van der Waals surface area contributed by atoms with E-state index >= 15 is 0 Å². The van der Waals surface area contributed by atoms with Crippen LogP contribution in [0.2, 0.25) is 0 Å². The lowest BCUT2D eigenvalue weighted by Gasteiger charge is -2.19. The number of carbonyl (C=O) groups is 1. The molecular weight excluding hydrogens is 286 g/mol. The number of aromatic nitrogens is 1. The van der Waals surface area contributed by atoms with Gasteiger partial charge in [0.1, 0.15) is 5.69 Å². The predicted octanol–water partition coefficient (Wildman–Crippen LogP) is 3.29. The molecule has 0 aliphatic carbocycles. The highest BCUT2D eigenvalue weighted by molar-refractivity contribution is 5.93. The minimum absolute atomic E-state index is 0.119. The molecule has 0 bridgehead atoms. The summed E-state index contributed by atoms with van der Waals surface area (Å²) in [7, 11) is 2.04. The average molecular weight is 311 g/mol. The third-order valence-electron chi connectivity index (χ3n) is 3.81. The molecular formula is C19H25N3O. The molecule has 0 aliphatic rings. The van der Waals surface area contributed by atoms with E-state index in [4.69, 9.17) is 0 Å². The molecule has 2 aromatic rings. The van der Waals surface area contributed by atoms with Crippen LogP contribution in [0.3, 0.4) is 0 Å². The van der Waals surface area contributed by atoms with Crippen LogP contribution in [0.25, 0.3) is 0 Å². The van der Waals surface area contributed by atoms with E-state index in [-0.39, 0.29) is 5.91 Å². The lowest BCUT2D eigenvalue weighted by atomic mass is 10.1. The number of benzene rings is 1. The van der Waals surface area contributed by atoms with Gasteiger partial charge in [0.15, 0.2) is 0 Å². The van der Waals surface area contributed by atoms with Gasteiger partial charge in [-0.15, -0.1) is 0 Å². The first-order valence-corrected chi connectivity index (χ1v) is 8.20. The molecule has 0 radical (unpaired) electrons. The van der Waals surface area contributed by atoms with Crippen LogP contribution in [0, 0.1) is 0 Å². The number of amides is 1. The summed E-state index contributed by atoms with van der Waals surface area (Å²) in [5, 5.41) is 2.94. The minimum atomic E-state index is -0.119. The van der Waals surface area contributed by atoms with E-state index in [1.54, 1.807) is 6.20 Å². The lowest BCUT2D eigenvalue weighted by molar-refractivity contribution is 0.0949. The topological polar surface area (TPSA) is 45.2 Å². The Balaban J connectivity index is 1.89. The van der Waals surface area contributed by atoms with Crippen molar-refractivity contribution in [2.45, 2.75) is 26.2 Å². The van der Waals surface area contributed by atoms with E-state index in [0.717, 1.165) is 31.5 Å². The Kier molecular flexibility index (Phi) is 6.60. The highest BCUT2D eigenvalue weighted by Gasteiger charge is 2.09. The number of pyridine rings is 1. The molecule has 4 nitrogen and oxygen atoms in total.